The van der Waals surface area contributed by atoms with E-state index in [2.05, 4.69) is 32.2 Å². The lowest BCUT2D eigenvalue weighted by atomic mass is 10.1. The molecule has 0 saturated heterocycles. The summed E-state index contributed by atoms with van der Waals surface area (Å²) in [6.45, 7) is 11.7. The van der Waals surface area contributed by atoms with Crippen molar-refractivity contribution in [2.45, 2.75) is 53.6 Å². The van der Waals surface area contributed by atoms with E-state index in [1.54, 1.807) is 0 Å². The lowest BCUT2D eigenvalue weighted by Gasteiger charge is -2.15. The SMILES string of the molecule is Cc1cc(CNC(C)CC(C)C)c(C)o1. The van der Waals surface area contributed by atoms with Crippen molar-refractivity contribution in [3.05, 3.63) is 23.2 Å². The van der Waals surface area contributed by atoms with Gasteiger partial charge < -0.3 is 9.73 Å². The van der Waals surface area contributed by atoms with E-state index < -0.39 is 0 Å². The van der Waals surface area contributed by atoms with Crippen molar-refractivity contribution >= 4 is 0 Å². The van der Waals surface area contributed by atoms with Gasteiger partial charge >= 0.3 is 0 Å². The van der Waals surface area contributed by atoms with Gasteiger partial charge in [-0.1, -0.05) is 13.8 Å². The van der Waals surface area contributed by atoms with Crippen LogP contribution in [0.4, 0.5) is 0 Å². The number of furan rings is 1. The molecule has 0 fully saturated rings. The Balaban J connectivity index is 2.40. The summed E-state index contributed by atoms with van der Waals surface area (Å²) in [5.74, 6) is 2.79. The highest BCUT2D eigenvalue weighted by molar-refractivity contribution is 5.19. The van der Waals surface area contributed by atoms with E-state index >= 15 is 0 Å². The highest BCUT2D eigenvalue weighted by Gasteiger charge is 2.07. The van der Waals surface area contributed by atoms with Crippen LogP contribution in [0.2, 0.25) is 0 Å². The monoisotopic (exact) mass is 209 g/mol. The maximum atomic E-state index is 5.49. The number of rotatable bonds is 5. The first-order chi connectivity index (χ1) is 6.99. The Kier molecular flexibility index (Phi) is 4.40. The molecule has 0 bridgehead atoms. The average Bonchev–Trinajstić information content (AvgIpc) is 2.40. The molecule has 0 aliphatic carbocycles. The van der Waals surface area contributed by atoms with Gasteiger partial charge in [0.15, 0.2) is 0 Å². The molecule has 1 unspecified atom stereocenters. The third-order valence-electron chi connectivity index (χ3n) is 2.61. The van der Waals surface area contributed by atoms with E-state index in [0.29, 0.717) is 6.04 Å². The molecule has 1 aromatic heterocycles. The Hall–Kier alpha value is -0.760. The lowest BCUT2D eigenvalue weighted by molar-refractivity contribution is 0.438. The molecular formula is C13H23NO. The molecule has 0 saturated carbocycles. The molecule has 1 heterocycles. The van der Waals surface area contributed by atoms with Crippen LogP contribution in [0.5, 0.6) is 0 Å². The molecule has 1 rings (SSSR count). The molecule has 0 aliphatic heterocycles. The van der Waals surface area contributed by atoms with Crippen LogP contribution in [-0.2, 0) is 6.54 Å². The first-order valence-electron chi connectivity index (χ1n) is 5.78. The van der Waals surface area contributed by atoms with Crippen LogP contribution in [0.1, 0.15) is 44.3 Å². The molecule has 1 atom stereocenters. The van der Waals surface area contributed by atoms with E-state index in [0.717, 1.165) is 24.0 Å². The Morgan fingerprint density at radius 2 is 1.93 bits per heavy atom. The van der Waals surface area contributed by atoms with E-state index in [1.165, 1.54) is 12.0 Å². The Bertz CT molecular complexity index is 301. The highest BCUT2D eigenvalue weighted by Crippen LogP contribution is 2.14. The van der Waals surface area contributed by atoms with Gasteiger partial charge in [0.1, 0.15) is 11.5 Å². The molecule has 1 aromatic rings. The molecular weight excluding hydrogens is 186 g/mol. The third kappa shape index (κ3) is 4.08. The molecule has 1 N–H and O–H groups in total. The normalized spacial score (nSPS) is 13.5. The molecule has 2 nitrogen and oxygen atoms in total. The smallest absolute Gasteiger partial charge is 0.105 e. The second kappa shape index (κ2) is 5.36. The standard InChI is InChI=1S/C13H23NO/c1-9(2)6-10(3)14-8-13-7-11(4)15-12(13)5/h7,9-10,14H,6,8H2,1-5H3. The van der Waals surface area contributed by atoms with Crippen molar-refractivity contribution in [2.75, 3.05) is 0 Å². The minimum absolute atomic E-state index is 0.569. The van der Waals surface area contributed by atoms with Gasteiger partial charge in [-0.2, -0.15) is 0 Å². The molecule has 0 amide bonds. The second-order valence-electron chi connectivity index (χ2n) is 4.85. The van der Waals surface area contributed by atoms with Gasteiger partial charge in [0.25, 0.3) is 0 Å². The topological polar surface area (TPSA) is 25.2 Å². The van der Waals surface area contributed by atoms with E-state index in [4.69, 9.17) is 4.42 Å². The summed E-state index contributed by atoms with van der Waals surface area (Å²) in [4.78, 5) is 0. The van der Waals surface area contributed by atoms with Crippen molar-refractivity contribution in [1.82, 2.24) is 5.32 Å². The van der Waals surface area contributed by atoms with Crippen LogP contribution < -0.4 is 5.32 Å². The number of nitrogens with one attached hydrogen (secondary N) is 1. The minimum atomic E-state index is 0.569. The molecule has 0 radical (unpaired) electrons. The molecule has 15 heavy (non-hydrogen) atoms. The maximum Gasteiger partial charge on any atom is 0.105 e. The van der Waals surface area contributed by atoms with E-state index in [-0.39, 0.29) is 0 Å². The fraction of sp³-hybridized carbons (Fsp3) is 0.692. The average molecular weight is 209 g/mol. The zero-order chi connectivity index (χ0) is 11.4. The predicted molar refractivity (Wildman–Crippen MR) is 63.9 cm³/mol. The summed E-state index contributed by atoms with van der Waals surface area (Å²) in [7, 11) is 0. The van der Waals surface area contributed by atoms with Crippen LogP contribution in [0.25, 0.3) is 0 Å². The Morgan fingerprint density at radius 1 is 1.27 bits per heavy atom. The zero-order valence-electron chi connectivity index (χ0n) is 10.6. The fourth-order valence-corrected chi connectivity index (χ4v) is 1.93. The fourth-order valence-electron chi connectivity index (χ4n) is 1.93. The summed E-state index contributed by atoms with van der Waals surface area (Å²) in [5, 5.41) is 3.52. The Morgan fingerprint density at radius 3 is 2.40 bits per heavy atom. The van der Waals surface area contributed by atoms with Gasteiger partial charge in [0.05, 0.1) is 0 Å². The number of aryl methyl sites for hydroxylation is 2. The van der Waals surface area contributed by atoms with Gasteiger partial charge in [-0.05, 0) is 39.2 Å². The first kappa shape index (κ1) is 12.3. The van der Waals surface area contributed by atoms with E-state index in [9.17, 15) is 0 Å². The quantitative estimate of drug-likeness (QED) is 0.803. The highest BCUT2D eigenvalue weighted by atomic mass is 16.3. The van der Waals surface area contributed by atoms with Crippen molar-refractivity contribution in [1.29, 1.82) is 0 Å². The van der Waals surface area contributed by atoms with E-state index in [1.807, 2.05) is 13.8 Å². The third-order valence-corrected chi connectivity index (χ3v) is 2.61. The summed E-state index contributed by atoms with van der Waals surface area (Å²) < 4.78 is 5.49. The summed E-state index contributed by atoms with van der Waals surface area (Å²) >= 11 is 0. The van der Waals surface area contributed by atoms with Crippen molar-refractivity contribution in [3.63, 3.8) is 0 Å². The van der Waals surface area contributed by atoms with Crippen molar-refractivity contribution in [3.8, 4) is 0 Å². The minimum Gasteiger partial charge on any atom is -0.466 e. The molecule has 2 heteroatoms. The lowest BCUT2D eigenvalue weighted by Crippen LogP contribution is -2.26. The van der Waals surface area contributed by atoms with Crippen molar-refractivity contribution in [2.24, 2.45) is 5.92 Å². The van der Waals surface area contributed by atoms with Crippen LogP contribution in [0.3, 0.4) is 0 Å². The largest absolute Gasteiger partial charge is 0.466 e. The maximum absolute atomic E-state index is 5.49. The summed E-state index contributed by atoms with van der Waals surface area (Å²) in [6, 6.07) is 2.68. The molecule has 0 aliphatic rings. The van der Waals surface area contributed by atoms with Gasteiger partial charge in [0.2, 0.25) is 0 Å². The van der Waals surface area contributed by atoms with Gasteiger partial charge in [-0.25, -0.2) is 0 Å². The van der Waals surface area contributed by atoms with Gasteiger partial charge in [0, 0.05) is 18.2 Å². The summed E-state index contributed by atoms with van der Waals surface area (Å²) in [5.41, 5.74) is 1.28. The van der Waals surface area contributed by atoms with Crippen LogP contribution in [0, 0.1) is 19.8 Å². The van der Waals surface area contributed by atoms with Gasteiger partial charge in [-0.15, -0.1) is 0 Å². The Labute approximate surface area is 93.1 Å². The van der Waals surface area contributed by atoms with Crippen LogP contribution in [0.15, 0.2) is 10.5 Å². The molecule has 0 spiro atoms. The zero-order valence-corrected chi connectivity index (χ0v) is 10.6. The number of hydrogen-bond donors (Lipinski definition) is 1. The number of hydrogen-bond acceptors (Lipinski definition) is 2. The summed E-state index contributed by atoms with van der Waals surface area (Å²) in [6.07, 6.45) is 1.22. The van der Waals surface area contributed by atoms with Gasteiger partial charge in [-0.3, -0.25) is 0 Å². The molecule has 86 valence electrons. The first-order valence-corrected chi connectivity index (χ1v) is 5.78. The second-order valence-corrected chi connectivity index (χ2v) is 4.85. The predicted octanol–water partition coefficient (Wildman–Crippen LogP) is 3.42. The van der Waals surface area contributed by atoms with Crippen LogP contribution in [-0.4, -0.2) is 6.04 Å². The van der Waals surface area contributed by atoms with Crippen LogP contribution >= 0.6 is 0 Å². The molecule has 0 aromatic carbocycles. The van der Waals surface area contributed by atoms with Crippen molar-refractivity contribution < 1.29 is 4.42 Å².